The largest absolute Gasteiger partial charge is 0.493 e. The summed E-state index contributed by atoms with van der Waals surface area (Å²) in [5.74, 6) is 1.44. The molecule has 0 fully saturated rings. The Hall–Kier alpha value is -1.00. The molecule has 0 amide bonds. The van der Waals surface area contributed by atoms with Crippen molar-refractivity contribution in [2.75, 3.05) is 26.8 Å². The third-order valence-electron chi connectivity index (χ3n) is 2.37. The second kappa shape index (κ2) is 8.16. The fourth-order valence-electron chi connectivity index (χ4n) is 1.46. The molecule has 100 valence electrons. The van der Waals surface area contributed by atoms with Crippen LogP contribution in [0, 0.1) is 0 Å². The van der Waals surface area contributed by atoms with Crippen molar-refractivity contribution in [1.82, 2.24) is 5.32 Å². The lowest BCUT2D eigenvalue weighted by Crippen LogP contribution is -2.20. The Morgan fingerprint density at radius 1 is 1.44 bits per heavy atom. The number of benzene rings is 1. The molecule has 0 bridgehead atoms. The van der Waals surface area contributed by atoms with Crippen LogP contribution in [0.2, 0.25) is 0 Å². The van der Waals surface area contributed by atoms with E-state index >= 15 is 0 Å². The Morgan fingerprint density at radius 2 is 2.22 bits per heavy atom. The van der Waals surface area contributed by atoms with E-state index in [0.717, 1.165) is 41.1 Å². The fourth-order valence-corrected chi connectivity index (χ4v) is 1.92. The molecular weight excluding hydrogens is 294 g/mol. The van der Waals surface area contributed by atoms with Crippen LogP contribution >= 0.6 is 15.9 Å². The van der Waals surface area contributed by atoms with E-state index in [1.165, 1.54) is 0 Å². The van der Waals surface area contributed by atoms with Crippen molar-refractivity contribution >= 4 is 15.9 Å². The molecule has 1 aromatic rings. The summed E-state index contributed by atoms with van der Waals surface area (Å²) in [6.07, 6.45) is 1.12. The van der Waals surface area contributed by atoms with Crippen LogP contribution in [0.25, 0.3) is 0 Å². The smallest absolute Gasteiger partial charge is 0.175 e. The summed E-state index contributed by atoms with van der Waals surface area (Å²) in [5.41, 5.74) is 1.02. The molecule has 0 aliphatic rings. The third kappa shape index (κ3) is 4.70. The van der Waals surface area contributed by atoms with Crippen LogP contribution in [-0.2, 0) is 0 Å². The highest BCUT2D eigenvalue weighted by molar-refractivity contribution is 9.10. The number of halogens is 1. The molecule has 0 unspecified atom stereocenters. The van der Waals surface area contributed by atoms with Gasteiger partial charge in [0.05, 0.1) is 11.6 Å². The zero-order valence-corrected chi connectivity index (χ0v) is 12.5. The molecule has 0 atom stereocenters. The van der Waals surface area contributed by atoms with E-state index in [4.69, 9.17) is 9.47 Å². The first-order chi connectivity index (χ1) is 8.69. The van der Waals surface area contributed by atoms with Crippen LogP contribution in [0.3, 0.4) is 0 Å². The summed E-state index contributed by atoms with van der Waals surface area (Å²) in [7, 11) is 1.63. The fraction of sp³-hybridized carbons (Fsp3) is 0.429. The van der Waals surface area contributed by atoms with E-state index in [0.29, 0.717) is 6.61 Å². The lowest BCUT2D eigenvalue weighted by Gasteiger charge is -2.13. The van der Waals surface area contributed by atoms with Crippen LogP contribution < -0.4 is 14.8 Å². The van der Waals surface area contributed by atoms with Crippen molar-refractivity contribution in [2.24, 2.45) is 0 Å². The monoisotopic (exact) mass is 313 g/mol. The summed E-state index contributed by atoms with van der Waals surface area (Å²) in [6.45, 7) is 8.38. The highest BCUT2D eigenvalue weighted by Crippen LogP contribution is 2.34. The minimum atomic E-state index is 0.482. The molecule has 1 N–H and O–H groups in total. The predicted molar refractivity (Wildman–Crippen MR) is 78.5 cm³/mol. The van der Waals surface area contributed by atoms with Gasteiger partial charge in [0.15, 0.2) is 11.5 Å². The lowest BCUT2D eigenvalue weighted by atomic mass is 10.3. The number of hydrogen-bond donors (Lipinski definition) is 1. The van der Waals surface area contributed by atoms with Gasteiger partial charge >= 0.3 is 0 Å². The molecule has 0 aliphatic carbocycles. The van der Waals surface area contributed by atoms with Crippen LogP contribution in [0.5, 0.6) is 11.5 Å². The Morgan fingerprint density at radius 3 is 2.89 bits per heavy atom. The van der Waals surface area contributed by atoms with Gasteiger partial charge in [-0.3, -0.25) is 0 Å². The van der Waals surface area contributed by atoms with E-state index < -0.39 is 0 Å². The van der Waals surface area contributed by atoms with Crippen LogP contribution in [-0.4, -0.2) is 26.8 Å². The second-order valence-electron chi connectivity index (χ2n) is 3.99. The van der Waals surface area contributed by atoms with Gasteiger partial charge in [-0.1, -0.05) is 19.6 Å². The summed E-state index contributed by atoms with van der Waals surface area (Å²) in [4.78, 5) is 0. The number of ether oxygens (including phenoxy) is 2. The first kappa shape index (κ1) is 15.1. The maximum Gasteiger partial charge on any atom is 0.175 e. The van der Waals surface area contributed by atoms with Gasteiger partial charge in [0.2, 0.25) is 0 Å². The van der Waals surface area contributed by atoms with Gasteiger partial charge in [-0.15, -0.1) is 0 Å². The minimum absolute atomic E-state index is 0.482. The molecule has 0 aromatic heterocycles. The molecule has 4 heteroatoms. The first-order valence-corrected chi connectivity index (χ1v) is 6.81. The average molecular weight is 314 g/mol. The van der Waals surface area contributed by atoms with Gasteiger partial charge in [0.1, 0.15) is 6.61 Å². The highest BCUT2D eigenvalue weighted by Gasteiger charge is 2.08. The quantitative estimate of drug-likeness (QED) is 0.589. The summed E-state index contributed by atoms with van der Waals surface area (Å²) < 4.78 is 11.9. The van der Waals surface area contributed by atoms with Crippen molar-refractivity contribution in [1.29, 1.82) is 0 Å². The van der Waals surface area contributed by atoms with E-state index in [9.17, 15) is 0 Å². The number of para-hydroxylation sites is 1. The molecule has 0 spiro atoms. The third-order valence-corrected chi connectivity index (χ3v) is 3.00. The second-order valence-corrected chi connectivity index (χ2v) is 4.84. The molecule has 0 saturated heterocycles. The molecule has 0 heterocycles. The Labute approximate surface area is 117 Å². The van der Waals surface area contributed by atoms with Gasteiger partial charge < -0.3 is 14.8 Å². The van der Waals surface area contributed by atoms with E-state index in [1.54, 1.807) is 7.11 Å². The minimum Gasteiger partial charge on any atom is -0.493 e. The molecule has 1 rings (SSSR count). The van der Waals surface area contributed by atoms with Gasteiger partial charge in [-0.05, 0) is 46.6 Å². The molecule has 0 aliphatic heterocycles. The van der Waals surface area contributed by atoms with Crippen molar-refractivity contribution in [3.8, 4) is 11.5 Å². The van der Waals surface area contributed by atoms with Crippen molar-refractivity contribution in [3.63, 3.8) is 0 Å². The lowest BCUT2D eigenvalue weighted by molar-refractivity contribution is 0.315. The van der Waals surface area contributed by atoms with Crippen LogP contribution in [0.4, 0.5) is 0 Å². The van der Waals surface area contributed by atoms with Gasteiger partial charge in [-0.2, -0.15) is 0 Å². The van der Waals surface area contributed by atoms with E-state index in [-0.39, 0.29) is 0 Å². The number of hydrogen-bond acceptors (Lipinski definition) is 3. The Balaban J connectivity index is 2.50. The number of rotatable bonds is 8. The maximum atomic E-state index is 5.74. The first-order valence-electron chi connectivity index (χ1n) is 6.01. The van der Waals surface area contributed by atoms with Gasteiger partial charge in [0, 0.05) is 6.54 Å². The molecule has 18 heavy (non-hydrogen) atoms. The molecule has 0 radical (unpaired) electrons. The zero-order chi connectivity index (χ0) is 13.4. The molecular formula is C14H20BrNO2. The molecule has 0 saturated carbocycles. The summed E-state index contributed by atoms with van der Waals surface area (Å²) in [6, 6.07) is 5.71. The zero-order valence-electron chi connectivity index (χ0n) is 11.0. The van der Waals surface area contributed by atoms with E-state index in [1.807, 2.05) is 18.2 Å². The number of methoxy groups -OCH3 is 1. The van der Waals surface area contributed by atoms with Crippen molar-refractivity contribution in [2.45, 2.75) is 13.3 Å². The normalized spacial score (nSPS) is 10.2. The Kier molecular flexibility index (Phi) is 6.83. The van der Waals surface area contributed by atoms with Crippen molar-refractivity contribution in [3.05, 3.63) is 34.8 Å². The summed E-state index contributed by atoms with van der Waals surface area (Å²) >= 11 is 3.45. The topological polar surface area (TPSA) is 30.5 Å². The van der Waals surface area contributed by atoms with Crippen LogP contribution in [0.15, 0.2) is 34.8 Å². The molecule has 1 aromatic carbocycles. The van der Waals surface area contributed by atoms with Gasteiger partial charge in [0.25, 0.3) is 0 Å². The highest BCUT2D eigenvalue weighted by atomic mass is 79.9. The number of nitrogens with one attached hydrogen (secondary N) is 1. The molecule has 3 nitrogen and oxygen atoms in total. The SMILES string of the molecule is C=C(CNCCC)COc1c(Br)cccc1OC. The van der Waals surface area contributed by atoms with E-state index in [2.05, 4.69) is 34.7 Å². The maximum absolute atomic E-state index is 5.74. The predicted octanol–water partition coefficient (Wildman–Crippen LogP) is 3.39. The van der Waals surface area contributed by atoms with Crippen molar-refractivity contribution < 1.29 is 9.47 Å². The van der Waals surface area contributed by atoms with Crippen LogP contribution in [0.1, 0.15) is 13.3 Å². The average Bonchev–Trinajstić information content (AvgIpc) is 2.37. The standard InChI is InChI=1S/C14H20BrNO2/c1-4-8-16-9-11(2)10-18-14-12(15)6-5-7-13(14)17-3/h5-7,16H,2,4,8-10H2,1,3H3. The van der Waals surface area contributed by atoms with Gasteiger partial charge in [-0.25, -0.2) is 0 Å². The summed E-state index contributed by atoms with van der Waals surface area (Å²) in [5, 5.41) is 3.29. The Bertz CT molecular complexity index is 393.